The van der Waals surface area contributed by atoms with Crippen LogP contribution < -0.4 is 10.9 Å². The predicted molar refractivity (Wildman–Crippen MR) is 91.9 cm³/mol. The van der Waals surface area contributed by atoms with Gasteiger partial charge in [-0.25, -0.2) is 9.37 Å². The van der Waals surface area contributed by atoms with Crippen molar-refractivity contribution < 1.29 is 9.18 Å². The van der Waals surface area contributed by atoms with Crippen LogP contribution >= 0.6 is 11.3 Å². The van der Waals surface area contributed by atoms with Crippen LogP contribution in [0.25, 0.3) is 10.2 Å². The molecule has 3 aromatic rings. The fourth-order valence-corrected chi connectivity index (χ4v) is 3.55. The number of thiophene rings is 1. The Balaban J connectivity index is 1.90. The lowest BCUT2D eigenvalue weighted by Crippen LogP contribution is -2.23. The molecule has 0 aliphatic heterocycles. The summed E-state index contributed by atoms with van der Waals surface area (Å²) in [5, 5.41) is 3.17. The van der Waals surface area contributed by atoms with E-state index in [0.717, 1.165) is 0 Å². The minimum Gasteiger partial charge on any atom is -0.347 e. The van der Waals surface area contributed by atoms with Crippen LogP contribution in [0.1, 0.15) is 27.7 Å². The molecular formula is C17H16FN3O2S. The Labute approximate surface area is 141 Å². The first-order valence-corrected chi connectivity index (χ1v) is 8.34. The summed E-state index contributed by atoms with van der Waals surface area (Å²) >= 11 is 1.17. The zero-order chi connectivity index (χ0) is 17.3. The largest absolute Gasteiger partial charge is 0.347 e. The molecule has 24 heavy (non-hydrogen) atoms. The second-order valence-corrected chi connectivity index (χ2v) is 6.35. The Kier molecular flexibility index (Phi) is 4.44. The van der Waals surface area contributed by atoms with Gasteiger partial charge in [-0.05, 0) is 25.5 Å². The molecule has 0 spiro atoms. The van der Waals surface area contributed by atoms with Gasteiger partial charge < -0.3 is 5.32 Å². The van der Waals surface area contributed by atoms with Gasteiger partial charge in [0.15, 0.2) is 0 Å². The zero-order valence-corrected chi connectivity index (χ0v) is 14.1. The van der Waals surface area contributed by atoms with Crippen molar-refractivity contribution in [2.75, 3.05) is 0 Å². The molecule has 1 aromatic carbocycles. The third kappa shape index (κ3) is 2.82. The number of halogens is 1. The van der Waals surface area contributed by atoms with Crippen LogP contribution in [0.15, 0.2) is 35.4 Å². The van der Waals surface area contributed by atoms with Crippen molar-refractivity contribution in [3.05, 3.63) is 62.8 Å². The highest BCUT2D eigenvalue weighted by Crippen LogP contribution is 2.26. The fourth-order valence-electron chi connectivity index (χ4n) is 2.50. The third-order valence-corrected chi connectivity index (χ3v) is 5.06. The number of nitrogens with one attached hydrogen (secondary N) is 1. The average Bonchev–Trinajstić information content (AvgIpc) is 2.92. The highest BCUT2D eigenvalue weighted by Gasteiger charge is 2.19. The van der Waals surface area contributed by atoms with Gasteiger partial charge in [-0.2, -0.15) is 0 Å². The molecular weight excluding hydrogens is 329 g/mol. The molecule has 1 amide bonds. The van der Waals surface area contributed by atoms with Crippen molar-refractivity contribution in [3.8, 4) is 0 Å². The molecule has 0 atom stereocenters. The molecule has 0 radical (unpaired) electrons. The number of rotatable bonds is 4. The van der Waals surface area contributed by atoms with Crippen molar-refractivity contribution in [1.82, 2.24) is 14.9 Å². The third-order valence-electron chi connectivity index (χ3n) is 3.86. The van der Waals surface area contributed by atoms with Crippen molar-refractivity contribution in [2.24, 2.45) is 0 Å². The standard InChI is InChI=1S/C17H16FN3O2S/c1-3-21-9-20-16-13(17(21)23)10(2)14(24-16)15(22)19-8-11-6-4-5-7-12(11)18/h4-7,9H,3,8H2,1-2H3,(H,19,22). The van der Waals surface area contributed by atoms with E-state index < -0.39 is 0 Å². The molecule has 0 saturated heterocycles. The SMILES string of the molecule is CCn1cnc2sc(C(=O)NCc3ccccc3F)c(C)c2c1=O. The van der Waals surface area contributed by atoms with Crippen LogP contribution in [0.4, 0.5) is 4.39 Å². The minimum absolute atomic E-state index is 0.0891. The Bertz CT molecular complexity index is 978. The lowest BCUT2D eigenvalue weighted by molar-refractivity contribution is 0.0954. The molecule has 0 aliphatic rings. The quantitative estimate of drug-likeness (QED) is 0.791. The Morgan fingerprint density at radius 1 is 1.38 bits per heavy atom. The maximum atomic E-state index is 13.6. The van der Waals surface area contributed by atoms with Crippen LogP contribution in [0.2, 0.25) is 0 Å². The van der Waals surface area contributed by atoms with E-state index in [9.17, 15) is 14.0 Å². The van der Waals surface area contributed by atoms with Crippen LogP contribution in [0, 0.1) is 12.7 Å². The van der Waals surface area contributed by atoms with E-state index in [4.69, 9.17) is 0 Å². The molecule has 2 aromatic heterocycles. The Morgan fingerprint density at radius 3 is 2.83 bits per heavy atom. The number of hydrogen-bond donors (Lipinski definition) is 1. The minimum atomic E-state index is -0.363. The summed E-state index contributed by atoms with van der Waals surface area (Å²) in [7, 11) is 0. The first-order valence-electron chi connectivity index (χ1n) is 7.53. The Hall–Kier alpha value is -2.54. The predicted octanol–water partition coefficient (Wildman–Crippen LogP) is 2.86. The molecule has 3 rings (SSSR count). The van der Waals surface area contributed by atoms with Gasteiger partial charge in [-0.15, -0.1) is 11.3 Å². The van der Waals surface area contributed by atoms with Crippen molar-refractivity contribution in [2.45, 2.75) is 26.9 Å². The second kappa shape index (κ2) is 6.52. The maximum absolute atomic E-state index is 13.6. The molecule has 7 heteroatoms. The number of aryl methyl sites for hydroxylation is 2. The summed E-state index contributed by atoms with van der Waals surface area (Å²) in [5.41, 5.74) is 0.877. The van der Waals surface area contributed by atoms with E-state index in [1.54, 1.807) is 25.1 Å². The lowest BCUT2D eigenvalue weighted by atomic mass is 10.2. The van der Waals surface area contributed by atoms with Gasteiger partial charge >= 0.3 is 0 Å². The Morgan fingerprint density at radius 2 is 2.12 bits per heavy atom. The number of benzene rings is 1. The van der Waals surface area contributed by atoms with Gasteiger partial charge in [-0.3, -0.25) is 14.2 Å². The number of carbonyl (C=O) groups is 1. The summed E-state index contributed by atoms with van der Waals surface area (Å²) in [6, 6.07) is 6.28. The smallest absolute Gasteiger partial charge is 0.262 e. The highest BCUT2D eigenvalue weighted by molar-refractivity contribution is 7.20. The first kappa shape index (κ1) is 16.3. The van der Waals surface area contributed by atoms with Crippen molar-refractivity contribution in [1.29, 1.82) is 0 Å². The van der Waals surface area contributed by atoms with Gasteiger partial charge in [0.2, 0.25) is 0 Å². The van der Waals surface area contributed by atoms with Crippen LogP contribution in [-0.2, 0) is 13.1 Å². The topological polar surface area (TPSA) is 64.0 Å². The van der Waals surface area contributed by atoms with Crippen molar-refractivity contribution >= 4 is 27.5 Å². The fraction of sp³-hybridized carbons (Fsp3) is 0.235. The molecule has 0 fully saturated rings. The lowest BCUT2D eigenvalue weighted by Gasteiger charge is -2.05. The zero-order valence-electron chi connectivity index (χ0n) is 13.3. The van der Waals surface area contributed by atoms with Crippen molar-refractivity contribution in [3.63, 3.8) is 0 Å². The van der Waals surface area contributed by atoms with Gasteiger partial charge in [-0.1, -0.05) is 18.2 Å². The average molecular weight is 345 g/mol. The number of carbonyl (C=O) groups excluding carboxylic acids is 1. The first-order chi connectivity index (χ1) is 11.5. The summed E-state index contributed by atoms with van der Waals surface area (Å²) in [6.45, 7) is 4.20. The maximum Gasteiger partial charge on any atom is 0.262 e. The molecule has 5 nitrogen and oxygen atoms in total. The number of amides is 1. The van der Waals surface area contributed by atoms with Gasteiger partial charge in [0.1, 0.15) is 10.6 Å². The number of fused-ring (bicyclic) bond motifs is 1. The molecule has 2 heterocycles. The number of hydrogen-bond acceptors (Lipinski definition) is 4. The highest BCUT2D eigenvalue weighted by atomic mass is 32.1. The van der Waals surface area contributed by atoms with E-state index >= 15 is 0 Å². The van der Waals surface area contributed by atoms with E-state index in [1.807, 2.05) is 6.92 Å². The van der Waals surface area contributed by atoms with E-state index in [2.05, 4.69) is 10.3 Å². The van der Waals surface area contributed by atoms with E-state index in [0.29, 0.717) is 32.8 Å². The summed E-state index contributed by atoms with van der Waals surface area (Å²) in [5.74, 6) is -0.695. The molecule has 0 unspecified atom stereocenters. The molecule has 0 bridgehead atoms. The normalized spacial score (nSPS) is 11.0. The second-order valence-electron chi connectivity index (χ2n) is 5.35. The van der Waals surface area contributed by atoms with Crippen LogP contribution in [0.5, 0.6) is 0 Å². The molecule has 0 aliphatic carbocycles. The summed E-state index contributed by atoms with van der Waals surface area (Å²) in [4.78, 5) is 30.0. The molecule has 0 saturated carbocycles. The molecule has 124 valence electrons. The van der Waals surface area contributed by atoms with E-state index in [1.165, 1.54) is 28.3 Å². The monoisotopic (exact) mass is 345 g/mol. The van der Waals surface area contributed by atoms with Gasteiger partial charge in [0, 0.05) is 18.7 Å². The van der Waals surface area contributed by atoms with Crippen LogP contribution in [-0.4, -0.2) is 15.5 Å². The van der Waals surface area contributed by atoms with E-state index in [-0.39, 0.29) is 23.8 Å². The summed E-state index contributed by atoms with van der Waals surface area (Å²) < 4.78 is 15.1. The molecule has 1 N–H and O–H groups in total. The number of nitrogens with zero attached hydrogens (tertiary/aromatic N) is 2. The summed E-state index contributed by atoms with van der Waals surface area (Å²) in [6.07, 6.45) is 1.49. The van der Waals surface area contributed by atoms with Gasteiger partial charge in [0.05, 0.1) is 16.6 Å². The van der Waals surface area contributed by atoms with Crippen LogP contribution in [0.3, 0.4) is 0 Å². The number of aromatic nitrogens is 2. The van der Waals surface area contributed by atoms with Gasteiger partial charge in [0.25, 0.3) is 11.5 Å².